The fourth-order valence-electron chi connectivity index (χ4n) is 3.59. The largest absolute Gasteiger partial charge is 0.507 e. The van der Waals surface area contributed by atoms with Crippen molar-refractivity contribution in [2.24, 2.45) is 0 Å². The first-order chi connectivity index (χ1) is 13.9. The van der Waals surface area contributed by atoms with Gasteiger partial charge in [-0.25, -0.2) is 0 Å². The molecule has 7 heteroatoms. The third-order valence-corrected chi connectivity index (χ3v) is 5.07. The lowest BCUT2D eigenvalue weighted by molar-refractivity contribution is -0.140. The number of aromatic nitrogens is 1. The molecule has 1 aliphatic rings. The zero-order chi connectivity index (χ0) is 21.1. The molecule has 2 aromatic rings. The smallest absolute Gasteiger partial charge is 0.295 e. The highest BCUT2D eigenvalue weighted by Gasteiger charge is 2.46. The molecule has 1 saturated heterocycles. The van der Waals surface area contributed by atoms with Gasteiger partial charge in [-0.3, -0.25) is 14.6 Å². The second-order valence-corrected chi connectivity index (χ2v) is 6.91. The van der Waals surface area contributed by atoms with E-state index in [1.807, 2.05) is 13.8 Å². The lowest BCUT2D eigenvalue weighted by Gasteiger charge is -2.25. The van der Waals surface area contributed by atoms with E-state index in [0.29, 0.717) is 16.9 Å². The predicted octanol–water partition coefficient (Wildman–Crippen LogP) is 2.78. The van der Waals surface area contributed by atoms with Crippen molar-refractivity contribution in [2.75, 3.05) is 27.4 Å². The maximum absolute atomic E-state index is 12.9. The first-order valence-corrected chi connectivity index (χ1v) is 9.23. The molecule has 1 amide bonds. The second kappa shape index (κ2) is 8.45. The van der Waals surface area contributed by atoms with Crippen LogP contribution in [0.1, 0.15) is 28.3 Å². The van der Waals surface area contributed by atoms with Crippen molar-refractivity contribution in [1.29, 1.82) is 0 Å². The SMILES string of the molecule is COCCN1C(=O)C(=O)/C(=C(/O)c2cc(C)c(OC)cc2C)C1c1cccnc1. The average molecular weight is 396 g/mol. The van der Waals surface area contributed by atoms with Crippen LogP contribution in [0.3, 0.4) is 0 Å². The Bertz CT molecular complexity index is 969. The van der Waals surface area contributed by atoms with E-state index in [1.165, 1.54) is 12.0 Å². The van der Waals surface area contributed by atoms with Crippen molar-refractivity contribution in [1.82, 2.24) is 9.88 Å². The molecule has 1 aromatic carbocycles. The molecule has 0 saturated carbocycles. The molecule has 0 spiro atoms. The van der Waals surface area contributed by atoms with Crippen LogP contribution in [-0.2, 0) is 14.3 Å². The third-order valence-electron chi connectivity index (χ3n) is 5.07. The molecule has 0 radical (unpaired) electrons. The van der Waals surface area contributed by atoms with Gasteiger partial charge in [-0.05, 0) is 48.7 Å². The number of amides is 1. The van der Waals surface area contributed by atoms with Gasteiger partial charge < -0.3 is 19.5 Å². The van der Waals surface area contributed by atoms with Gasteiger partial charge in [0.2, 0.25) is 0 Å². The molecule has 29 heavy (non-hydrogen) atoms. The minimum absolute atomic E-state index is 0.0479. The van der Waals surface area contributed by atoms with Gasteiger partial charge in [0.05, 0.1) is 25.3 Å². The summed E-state index contributed by atoms with van der Waals surface area (Å²) in [5.74, 6) is -0.913. The van der Waals surface area contributed by atoms with Crippen LogP contribution in [0, 0.1) is 13.8 Å². The van der Waals surface area contributed by atoms with Crippen molar-refractivity contribution in [2.45, 2.75) is 19.9 Å². The molecule has 1 fully saturated rings. The van der Waals surface area contributed by atoms with Gasteiger partial charge in [-0.15, -0.1) is 0 Å². The molecule has 1 aromatic heterocycles. The van der Waals surface area contributed by atoms with Gasteiger partial charge in [0.1, 0.15) is 11.5 Å². The number of carbonyl (C=O) groups excluding carboxylic acids is 2. The number of hydrogen-bond acceptors (Lipinski definition) is 6. The summed E-state index contributed by atoms with van der Waals surface area (Å²) in [7, 11) is 3.10. The van der Waals surface area contributed by atoms with Crippen molar-refractivity contribution in [3.8, 4) is 5.75 Å². The lowest BCUT2D eigenvalue weighted by atomic mass is 9.93. The molecular formula is C22H24N2O5. The number of rotatable bonds is 6. The van der Waals surface area contributed by atoms with Crippen molar-refractivity contribution in [3.63, 3.8) is 0 Å². The van der Waals surface area contributed by atoms with E-state index in [1.54, 1.807) is 43.8 Å². The van der Waals surface area contributed by atoms with Crippen LogP contribution in [0.5, 0.6) is 5.75 Å². The number of ether oxygens (including phenoxy) is 2. The molecule has 0 bridgehead atoms. The summed E-state index contributed by atoms with van der Waals surface area (Å²) in [5, 5.41) is 11.1. The minimum atomic E-state index is -0.736. The van der Waals surface area contributed by atoms with Crippen LogP contribution in [-0.4, -0.2) is 54.1 Å². The number of methoxy groups -OCH3 is 2. The maximum Gasteiger partial charge on any atom is 0.295 e. The number of aryl methyl sites for hydroxylation is 2. The fourth-order valence-corrected chi connectivity index (χ4v) is 3.59. The number of Topliss-reactive ketones (excluding diaryl/α,β-unsaturated/α-hetero) is 1. The predicted molar refractivity (Wildman–Crippen MR) is 108 cm³/mol. The number of aliphatic hydroxyl groups is 1. The number of hydrogen-bond donors (Lipinski definition) is 1. The Labute approximate surface area is 169 Å². The number of nitrogens with zero attached hydrogens (tertiary/aromatic N) is 2. The highest BCUT2D eigenvalue weighted by Crippen LogP contribution is 2.40. The summed E-state index contributed by atoms with van der Waals surface area (Å²) in [4.78, 5) is 31.2. The molecule has 1 N–H and O–H groups in total. The molecule has 2 heterocycles. The molecule has 152 valence electrons. The number of likely N-dealkylation sites (tertiary alicyclic amines) is 1. The van der Waals surface area contributed by atoms with E-state index in [2.05, 4.69) is 4.98 Å². The average Bonchev–Trinajstić information content (AvgIpc) is 2.98. The maximum atomic E-state index is 12.9. The van der Waals surface area contributed by atoms with Crippen molar-refractivity contribution >= 4 is 17.4 Å². The normalized spacial score (nSPS) is 18.3. The monoisotopic (exact) mass is 396 g/mol. The van der Waals surface area contributed by atoms with E-state index >= 15 is 0 Å². The van der Waals surface area contributed by atoms with E-state index in [-0.39, 0.29) is 24.5 Å². The quantitative estimate of drug-likeness (QED) is 0.459. The van der Waals surface area contributed by atoms with Crippen LogP contribution >= 0.6 is 0 Å². The molecule has 1 aliphatic heterocycles. The number of pyridine rings is 1. The van der Waals surface area contributed by atoms with Crippen LogP contribution < -0.4 is 4.74 Å². The number of carbonyl (C=O) groups is 2. The van der Waals surface area contributed by atoms with Crippen molar-refractivity contribution < 1.29 is 24.2 Å². The zero-order valence-corrected chi connectivity index (χ0v) is 16.9. The molecule has 1 unspecified atom stereocenters. The van der Waals surface area contributed by atoms with E-state index in [0.717, 1.165) is 11.1 Å². The summed E-state index contributed by atoms with van der Waals surface area (Å²) in [6.07, 6.45) is 3.21. The molecule has 1 atom stereocenters. The minimum Gasteiger partial charge on any atom is -0.507 e. The summed E-state index contributed by atoms with van der Waals surface area (Å²) in [5.41, 5.74) is 2.73. The Morgan fingerprint density at radius 3 is 2.59 bits per heavy atom. The van der Waals surface area contributed by atoms with Gasteiger partial charge in [0, 0.05) is 31.6 Å². The Morgan fingerprint density at radius 1 is 1.21 bits per heavy atom. The van der Waals surface area contributed by atoms with Crippen molar-refractivity contribution in [3.05, 3.63) is 64.5 Å². The Hall–Kier alpha value is -3.19. The Kier molecular flexibility index (Phi) is 5.98. The van der Waals surface area contributed by atoms with Crippen LogP contribution in [0.4, 0.5) is 0 Å². The standard InChI is InChI=1S/C22H24N2O5/c1-13-11-17(29-4)14(2)10-16(13)20(25)18-19(15-6-5-7-23-12-15)24(8-9-28-3)22(27)21(18)26/h5-7,10-12,19,25H,8-9H2,1-4H3/b20-18+. The number of benzene rings is 1. The van der Waals surface area contributed by atoms with Gasteiger partial charge in [0.25, 0.3) is 11.7 Å². The summed E-state index contributed by atoms with van der Waals surface area (Å²) >= 11 is 0. The highest BCUT2D eigenvalue weighted by molar-refractivity contribution is 6.46. The summed E-state index contributed by atoms with van der Waals surface area (Å²) < 4.78 is 10.4. The first-order valence-electron chi connectivity index (χ1n) is 9.23. The zero-order valence-electron chi connectivity index (χ0n) is 16.9. The highest BCUT2D eigenvalue weighted by atomic mass is 16.5. The number of aliphatic hydroxyl groups excluding tert-OH is 1. The van der Waals surface area contributed by atoms with Crippen LogP contribution in [0.2, 0.25) is 0 Å². The van der Waals surface area contributed by atoms with Gasteiger partial charge in [0.15, 0.2) is 0 Å². The van der Waals surface area contributed by atoms with Gasteiger partial charge >= 0.3 is 0 Å². The van der Waals surface area contributed by atoms with Gasteiger partial charge in [-0.1, -0.05) is 6.07 Å². The summed E-state index contributed by atoms with van der Waals surface area (Å²) in [6, 6.07) is 6.33. The van der Waals surface area contributed by atoms with E-state index in [4.69, 9.17) is 9.47 Å². The molecule has 7 nitrogen and oxygen atoms in total. The van der Waals surface area contributed by atoms with Crippen LogP contribution in [0.25, 0.3) is 5.76 Å². The first kappa shape index (κ1) is 20.5. The third kappa shape index (κ3) is 3.73. The fraction of sp³-hybridized carbons (Fsp3) is 0.318. The molecular weight excluding hydrogens is 372 g/mol. The number of ketones is 1. The summed E-state index contributed by atoms with van der Waals surface area (Å²) in [6.45, 7) is 4.16. The topological polar surface area (TPSA) is 89.0 Å². The Balaban J connectivity index is 2.20. The van der Waals surface area contributed by atoms with Crippen LogP contribution in [0.15, 0.2) is 42.2 Å². The van der Waals surface area contributed by atoms with E-state index < -0.39 is 17.7 Å². The van der Waals surface area contributed by atoms with E-state index in [9.17, 15) is 14.7 Å². The lowest BCUT2D eigenvalue weighted by Crippen LogP contribution is -2.32. The second-order valence-electron chi connectivity index (χ2n) is 6.91. The molecule has 0 aliphatic carbocycles. The molecule has 3 rings (SSSR count). The van der Waals surface area contributed by atoms with Gasteiger partial charge in [-0.2, -0.15) is 0 Å². The Morgan fingerprint density at radius 2 is 1.97 bits per heavy atom.